The molecule has 1 aromatic carbocycles. The third-order valence-electron chi connectivity index (χ3n) is 3.99. The van der Waals surface area contributed by atoms with Gasteiger partial charge in [-0.25, -0.2) is 0 Å². The van der Waals surface area contributed by atoms with Gasteiger partial charge in [0.15, 0.2) is 0 Å². The summed E-state index contributed by atoms with van der Waals surface area (Å²) in [5.41, 5.74) is 7.34. The van der Waals surface area contributed by atoms with Gasteiger partial charge >= 0.3 is 0 Å². The van der Waals surface area contributed by atoms with E-state index in [2.05, 4.69) is 5.32 Å². The predicted molar refractivity (Wildman–Crippen MR) is 76.9 cm³/mol. The van der Waals surface area contributed by atoms with Crippen LogP contribution in [0.3, 0.4) is 0 Å². The highest BCUT2D eigenvalue weighted by Crippen LogP contribution is 2.31. The van der Waals surface area contributed by atoms with Crippen LogP contribution < -0.4 is 11.1 Å². The molecule has 3 N–H and O–H groups in total. The van der Waals surface area contributed by atoms with Crippen molar-refractivity contribution in [3.05, 3.63) is 35.4 Å². The molecule has 1 aromatic rings. The SMILES string of the molecule is Cc1ccccc1C(CN)N1CC(=O)NC(=O)C1(C)C. The number of rotatable bonds is 3. The average molecular weight is 275 g/mol. The molecule has 0 radical (unpaired) electrons. The van der Waals surface area contributed by atoms with Gasteiger partial charge in [0.2, 0.25) is 11.8 Å². The minimum Gasteiger partial charge on any atom is -0.329 e. The monoisotopic (exact) mass is 275 g/mol. The van der Waals surface area contributed by atoms with Crippen LogP contribution >= 0.6 is 0 Å². The fraction of sp³-hybridized carbons (Fsp3) is 0.467. The fourth-order valence-electron chi connectivity index (χ4n) is 2.68. The lowest BCUT2D eigenvalue weighted by Gasteiger charge is -2.45. The zero-order valence-electron chi connectivity index (χ0n) is 12.1. The normalized spacial score (nSPS) is 20.6. The van der Waals surface area contributed by atoms with Crippen LogP contribution in [0.1, 0.15) is 31.0 Å². The number of benzene rings is 1. The highest BCUT2D eigenvalue weighted by molar-refractivity contribution is 6.03. The quantitative estimate of drug-likeness (QED) is 0.798. The van der Waals surface area contributed by atoms with Gasteiger partial charge < -0.3 is 5.73 Å². The van der Waals surface area contributed by atoms with Crippen molar-refractivity contribution >= 4 is 11.8 Å². The molecule has 20 heavy (non-hydrogen) atoms. The van der Waals surface area contributed by atoms with Gasteiger partial charge in [0.25, 0.3) is 0 Å². The summed E-state index contributed by atoms with van der Waals surface area (Å²) in [5.74, 6) is -0.554. The molecule has 1 fully saturated rings. The van der Waals surface area contributed by atoms with Gasteiger partial charge in [-0.05, 0) is 31.9 Å². The molecule has 1 unspecified atom stereocenters. The minimum absolute atomic E-state index is 0.152. The summed E-state index contributed by atoms with van der Waals surface area (Å²) in [4.78, 5) is 25.6. The van der Waals surface area contributed by atoms with E-state index in [1.165, 1.54) is 0 Å². The smallest absolute Gasteiger partial charge is 0.246 e. The van der Waals surface area contributed by atoms with Gasteiger partial charge in [0, 0.05) is 12.6 Å². The van der Waals surface area contributed by atoms with E-state index >= 15 is 0 Å². The number of carbonyl (C=O) groups is 2. The zero-order valence-corrected chi connectivity index (χ0v) is 12.1. The molecule has 0 aliphatic carbocycles. The van der Waals surface area contributed by atoms with Crippen molar-refractivity contribution < 1.29 is 9.59 Å². The number of nitrogens with two attached hydrogens (primary N) is 1. The summed E-state index contributed by atoms with van der Waals surface area (Å²) >= 11 is 0. The molecule has 108 valence electrons. The third kappa shape index (κ3) is 2.46. The molecule has 5 nitrogen and oxygen atoms in total. The molecule has 1 aliphatic rings. The number of carbonyl (C=O) groups excluding carboxylic acids is 2. The lowest BCUT2D eigenvalue weighted by Crippen LogP contribution is -2.65. The van der Waals surface area contributed by atoms with Crippen molar-refractivity contribution in [2.45, 2.75) is 32.4 Å². The van der Waals surface area contributed by atoms with Crippen molar-refractivity contribution in [2.24, 2.45) is 5.73 Å². The molecule has 2 rings (SSSR count). The Hall–Kier alpha value is -1.72. The van der Waals surface area contributed by atoms with Crippen LogP contribution in [0.2, 0.25) is 0 Å². The first kappa shape index (κ1) is 14.7. The first-order chi connectivity index (χ1) is 9.37. The summed E-state index contributed by atoms with van der Waals surface area (Å²) < 4.78 is 0. The van der Waals surface area contributed by atoms with E-state index in [1.54, 1.807) is 0 Å². The lowest BCUT2D eigenvalue weighted by atomic mass is 9.91. The number of hydrogen-bond donors (Lipinski definition) is 2. The second-order valence-electron chi connectivity index (χ2n) is 5.67. The van der Waals surface area contributed by atoms with Crippen LogP contribution in [-0.4, -0.2) is 35.3 Å². The van der Waals surface area contributed by atoms with Crippen LogP contribution in [0.15, 0.2) is 24.3 Å². The number of aryl methyl sites for hydroxylation is 1. The molecule has 1 heterocycles. The third-order valence-corrected chi connectivity index (χ3v) is 3.99. The molecule has 5 heteroatoms. The van der Waals surface area contributed by atoms with Crippen molar-refractivity contribution in [2.75, 3.05) is 13.1 Å². The first-order valence-corrected chi connectivity index (χ1v) is 6.74. The van der Waals surface area contributed by atoms with Gasteiger partial charge in [-0.15, -0.1) is 0 Å². The highest BCUT2D eigenvalue weighted by Gasteiger charge is 2.44. The van der Waals surface area contributed by atoms with Crippen LogP contribution in [-0.2, 0) is 9.59 Å². The van der Waals surface area contributed by atoms with E-state index in [4.69, 9.17) is 5.73 Å². The van der Waals surface area contributed by atoms with Crippen LogP contribution in [0.4, 0.5) is 0 Å². The van der Waals surface area contributed by atoms with E-state index < -0.39 is 5.54 Å². The molecule has 0 aromatic heterocycles. The Balaban J connectivity index is 2.42. The summed E-state index contributed by atoms with van der Waals surface area (Å²) in [7, 11) is 0. The maximum absolute atomic E-state index is 12.1. The maximum Gasteiger partial charge on any atom is 0.246 e. The summed E-state index contributed by atoms with van der Waals surface area (Å²) in [6, 6.07) is 7.77. The van der Waals surface area contributed by atoms with Gasteiger partial charge in [-0.2, -0.15) is 0 Å². The largest absolute Gasteiger partial charge is 0.329 e. The standard InChI is InChI=1S/C15H21N3O2/c1-10-6-4-5-7-11(10)12(8-16)18-9-13(19)17-14(20)15(18,2)3/h4-7,12H,8-9,16H2,1-3H3,(H,17,19,20). The van der Waals surface area contributed by atoms with Crippen molar-refractivity contribution in [1.82, 2.24) is 10.2 Å². The first-order valence-electron chi connectivity index (χ1n) is 6.74. The van der Waals surface area contributed by atoms with Crippen molar-refractivity contribution in [1.29, 1.82) is 0 Å². The van der Waals surface area contributed by atoms with Gasteiger partial charge in [0.05, 0.1) is 12.1 Å². The Labute approximate surface area is 119 Å². The van der Waals surface area contributed by atoms with Crippen LogP contribution in [0.25, 0.3) is 0 Å². The Morgan fingerprint density at radius 2 is 2.00 bits per heavy atom. The Kier molecular flexibility index (Phi) is 3.92. The zero-order chi connectivity index (χ0) is 14.9. The second-order valence-corrected chi connectivity index (χ2v) is 5.67. The van der Waals surface area contributed by atoms with E-state index in [-0.39, 0.29) is 24.4 Å². The second kappa shape index (κ2) is 5.34. The van der Waals surface area contributed by atoms with Gasteiger partial charge in [-0.3, -0.25) is 19.8 Å². The van der Waals surface area contributed by atoms with Crippen LogP contribution in [0, 0.1) is 6.92 Å². The molecular formula is C15H21N3O2. The van der Waals surface area contributed by atoms with Crippen molar-refractivity contribution in [3.8, 4) is 0 Å². The summed E-state index contributed by atoms with van der Waals surface area (Å²) in [6.45, 7) is 6.17. The summed E-state index contributed by atoms with van der Waals surface area (Å²) in [5, 5.41) is 2.38. The lowest BCUT2D eigenvalue weighted by molar-refractivity contribution is -0.147. The van der Waals surface area contributed by atoms with Crippen molar-refractivity contribution in [3.63, 3.8) is 0 Å². The number of nitrogens with zero attached hydrogens (tertiary/aromatic N) is 1. The van der Waals surface area contributed by atoms with E-state index in [0.717, 1.165) is 11.1 Å². The molecule has 0 bridgehead atoms. The van der Waals surface area contributed by atoms with E-state index in [9.17, 15) is 9.59 Å². The summed E-state index contributed by atoms with van der Waals surface area (Å²) in [6.07, 6.45) is 0. The molecule has 2 amide bonds. The average Bonchev–Trinajstić information content (AvgIpc) is 2.38. The molecule has 0 spiro atoms. The number of piperazine rings is 1. The minimum atomic E-state index is -0.764. The van der Waals surface area contributed by atoms with Crippen LogP contribution in [0.5, 0.6) is 0 Å². The molecule has 0 saturated carbocycles. The number of amides is 2. The Morgan fingerprint density at radius 1 is 1.35 bits per heavy atom. The number of hydrogen-bond acceptors (Lipinski definition) is 4. The van der Waals surface area contributed by atoms with Gasteiger partial charge in [-0.1, -0.05) is 24.3 Å². The molecular weight excluding hydrogens is 254 g/mol. The topological polar surface area (TPSA) is 75.4 Å². The Bertz CT molecular complexity index is 540. The van der Waals surface area contributed by atoms with Gasteiger partial charge in [0.1, 0.15) is 0 Å². The molecule has 1 aliphatic heterocycles. The molecule has 1 atom stereocenters. The number of nitrogens with one attached hydrogen (secondary N) is 1. The number of imide groups is 1. The predicted octanol–water partition coefficient (Wildman–Crippen LogP) is 0.732. The van der Waals surface area contributed by atoms with E-state index in [0.29, 0.717) is 6.54 Å². The highest BCUT2D eigenvalue weighted by atomic mass is 16.2. The Morgan fingerprint density at radius 3 is 2.60 bits per heavy atom. The maximum atomic E-state index is 12.1. The molecule has 1 saturated heterocycles. The fourth-order valence-corrected chi connectivity index (χ4v) is 2.68. The van der Waals surface area contributed by atoms with E-state index in [1.807, 2.05) is 49.9 Å².